The number of hydrogen-bond donors (Lipinski definition) is 2. The number of rotatable bonds is 6. The maximum Gasteiger partial charge on any atom is 0.129 e. The molecule has 2 rings (SSSR count). The van der Waals surface area contributed by atoms with E-state index in [2.05, 4.69) is 10.4 Å². The van der Waals surface area contributed by atoms with E-state index in [0.717, 1.165) is 24.5 Å². The third-order valence-corrected chi connectivity index (χ3v) is 3.22. The quantitative estimate of drug-likeness (QED) is 0.629. The molecule has 20 heavy (non-hydrogen) atoms. The van der Waals surface area contributed by atoms with Crippen molar-refractivity contribution in [3.8, 4) is 0 Å². The van der Waals surface area contributed by atoms with E-state index in [0.29, 0.717) is 12.0 Å². The first-order chi connectivity index (χ1) is 9.69. The van der Waals surface area contributed by atoms with Gasteiger partial charge in [-0.2, -0.15) is 0 Å². The Hall–Kier alpha value is -1.85. The predicted molar refractivity (Wildman–Crippen MR) is 73.7 cm³/mol. The van der Waals surface area contributed by atoms with Crippen molar-refractivity contribution in [2.45, 2.75) is 25.3 Å². The number of halogens is 2. The number of nitrogens with one attached hydrogen (secondary N) is 1. The summed E-state index contributed by atoms with van der Waals surface area (Å²) in [6, 6.07) is 7.39. The van der Waals surface area contributed by atoms with Gasteiger partial charge in [0.15, 0.2) is 0 Å². The number of aryl methyl sites for hydroxylation is 1. The molecule has 0 spiro atoms. The number of pyridine rings is 1. The van der Waals surface area contributed by atoms with Crippen LogP contribution in [0.1, 0.15) is 17.5 Å². The number of benzene rings is 1. The van der Waals surface area contributed by atoms with Crippen molar-refractivity contribution < 1.29 is 8.78 Å². The lowest BCUT2D eigenvalue weighted by Gasteiger charge is -2.16. The normalized spacial score (nSPS) is 12.3. The molecule has 0 aliphatic rings. The fourth-order valence-electron chi connectivity index (χ4n) is 2.08. The monoisotopic (exact) mass is 277 g/mol. The van der Waals surface area contributed by atoms with Crippen LogP contribution >= 0.6 is 0 Å². The van der Waals surface area contributed by atoms with E-state index in [-0.39, 0.29) is 6.04 Å². The van der Waals surface area contributed by atoms with Crippen molar-refractivity contribution in [1.29, 1.82) is 0 Å². The lowest BCUT2D eigenvalue weighted by molar-refractivity contribution is 0.477. The second-order valence-electron chi connectivity index (χ2n) is 4.70. The second kappa shape index (κ2) is 7.07. The molecule has 2 aromatic rings. The number of nitrogens with two attached hydrogens (primary N) is 1. The lowest BCUT2D eigenvalue weighted by Crippen LogP contribution is -2.37. The Morgan fingerprint density at radius 1 is 1.25 bits per heavy atom. The van der Waals surface area contributed by atoms with Crippen LogP contribution in [-0.2, 0) is 12.8 Å². The Morgan fingerprint density at radius 2 is 2.10 bits per heavy atom. The first-order valence-electron chi connectivity index (χ1n) is 6.48. The first-order valence-corrected chi connectivity index (χ1v) is 6.48. The molecule has 3 nitrogen and oxygen atoms in total. The zero-order chi connectivity index (χ0) is 14.4. The second-order valence-corrected chi connectivity index (χ2v) is 4.70. The van der Waals surface area contributed by atoms with Crippen LogP contribution in [0, 0.1) is 11.6 Å². The molecule has 0 amide bonds. The van der Waals surface area contributed by atoms with Gasteiger partial charge in [0.05, 0.1) is 0 Å². The van der Waals surface area contributed by atoms with Crippen molar-refractivity contribution >= 4 is 0 Å². The standard InChI is InChI=1S/C15H17F2N3/c16-13-5-4-12(15(17)9-13)8-14(20-18)6-3-11-2-1-7-19-10-11/h1-2,4-5,7,9-10,14,20H,3,6,8,18H2. The number of nitrogens with zero attached hydrogens (tertiary/aromatic N) is 1. The Kier molecular flexibility index (Phi) is 5.15. The predicted octanol–water partition coefficient (Wildman–Crippen LogP) is 2.37. The summed E-state index contributed by atoms with van der Waals surface area (Å²) < 4.78 is 26.4. The summed E-state index contributed by atoms with van der Waals surface area (Å²) in [5.41, 5.74) is 4.24. The van der Waals surface area contributed by atoms with Crippen LogP contribution in [0.2, 0.25) is 0 Å². The van der Waals surface area contributed by atoms with Crippen LogP contribution in [0.4, 0.5) is 8.78 Å². The van der Waals surface area contributed by atoms with Gasteiger partial charge in [0.1, 0.15) is 11.6 Å². The summed E-state index contributed by atoms with van der Waals surface area (Å²) in [6.07, 6.45) is 5.48. The van der Waals surface area contributed by atoms with E-state index in [1.54, 1.807) is 12.4 Å². The summed E-state index contributed by atoms with van der Waals surface area (Å²) in [6.45, 7) is 0. The minimum Gasteiger partial charge on any atom is -0.271 e. The summed E-state index contributed by atoms with van der Waals surface area (Å²) >= 11 is 0. The van der Waals surface area contributed by atoms with Gasteiger partial charge in [-0.15, -0.1) is 0 Å². The molecule has 0 saturated carbocycles. The van der Waals surface area contributed by atoms with E-state index in [4.69, 9.17) is 5.84 Å². The highest BCUT2D eigenvalue weighted by Gasteiger charge is 2.12. The van der Waals surface area contributed by atoms with Gasteiger partial charge in [0.25, 0.3) is 0 Å². The van der Waals surface area contributed by atoms with Gasteiger partial charge < -0.3 is 0 Å². The molecular weight excluding hydrogens is 260 g/mol. The highest BCUT2D eigenvalue weighted by atomic mass is 19.1. The van der Waals surface area contributed by atoms with Crippen molar-refractivity contribution in [3.63, 3.8) is 0 Å². The van der Waals surface area contributed by atoms with Crippen LogP contribution in [-0.4, -0.2) is 11.0 Å². The zero-order valence-corrected chi connectivity index (χ0v) is 11.0. The molecule has 1 unspecified atom stereocenters. The average molecular weight is 277 g/mol. The van der Waals surface area contributed by atoms with E-state index >= 15 is 0 Å². The molecule has 5 heteroatoms. The zero-order valence-electron chi connectivity index (χ0n) is 11.0. The SMILES string of the molecule is NNC(CCc1cccnc1)Cc1ccc(F)cc1F. The third kappa shape index (κ3) is 4.08. The Labute approximate surface area is 116 Å². The Bertz CT molecular complexity index is 546. The molecular formula is C15H17F2N3. The summed E-state index contributed by atoms with van der Waals surface area (Å²) in [5.74, 6) is 4.40. The molecule has 1 aromatic carbocycles. The first kappa shape index (κ1) is 14.6. The van der Waals surface area contributed by atoms with Crippen LogP contribution in [0.15, 0.2) is 42.7 Å². The van der Waals surface area contributed by atoms with Crippen LogP contribution < -0.4 is 11.3 Å². The Morgan fingerprint density at radius 3 is 2.75 bits per heavy atom. The third-order valence-electron chi connectivity index (χ3n) is 3.22. The lowest BCUT2D eigenvalue weighted by atomic mass is 10.00. The fourth-order valence-corrected chi connectivity index (χ4v) is 2.08. The van der Waals surface area contributed by atoms with E-state index in [1.165, 1.54) is 12.1 Å². The molecule has 3 N–H and O–H groups in total. The molecule has 1 aromatic heterocycles. The van der Waals surface area contributed by atoms with Crippen LogP contribution in [0.5, 0.6) is 0 Å². The van der Waals surface area contributed by atoms with E-state index in [9.17, 15) is 8.78 Å². The highest BCUT2D eigenvalue weighted by molar-refractivity contribution is 5.19. The maximum atomic E-state index is 13.6. The minimum absolute atomic E-state index is 0.0739. The smallest absolute Gasteiger partial charge is 0.129 e. The minimum atomic E-state index is -0.570. The molecule has 1 atom stereocenters. The van der Waals surface area contributed by atoms with Gasteiger partial charge >= 0.3 is 0 Å². The van der Waals surface area contributed by atoms with Gasteiger partial charge in [-0.25, -0.2) is 8.78 Å². The van der Waals surface area contributed by atoms with Gasteiger partial charge in [-0.3, -0.25) is 16.3 Å². The highest BCUT2D eigenvalue weighted by Crippen LogP contribution is 2.14. The van der Waals surface area contributed by atoms with Crippen molar-refractivity contribution in [2.75, 3.05) is 0 Å². The summed E-state index contributed by atoms with van der Waals surface area (Å²) in [4.78, 5) is 4.04. The summed E-state index contributed by atoms with van der Waals surface area (Å²) in [7, 11) is 0. The number of hydrazine groups is 1. The molecule has 0 saturated heterocycles. The maximum absolute atomic E-state index is 13.6. The largest absolute Gasteiger partial charge is 0.271 e. The van der Waals surface area contributed by atoms with Gasteiger partial charge in [-0.05, 0) is 42.5 Å². The molecule has 0 aliphatic heterocycles. The van der Waals surface area contributed by atoms with Crippen molar-refractivity contribution in [3.05, 3.63) is 65.5 Å². The average Bonchev–Trinajstić information content (AvgIpc) is 2.46. The van der Waals surface area contributed by atoms with Gasteiger partial charge in [0.2, 0.25) is 0 Å². The van der Waals surface area contributed by atoms with Crippen molar-refractivity contribution in [2.24, 2.45) is 5.84 Å². The van der Waals surface area contributed by atoms with E-state index in [1.807, 2.05) is 12.1 Å². The van der Waals surface area contributed by atoms with Crippen molar-refractivity contribution in [1.82, 2.24) is 10.4 Å². The fraction of sp³-hybridized carbons (Fsp3) is 0.267. The van der Waals surface area contributed by atoms with E-state index < -0.39 is 11.6 Å². The molecule has 0 aliphatic carbocycles. The topological polar surface area (TPSA) is 50.9 Å². The molecule has 1 heterocycles. The molecule has 106 valence electrons. The molecule has 0 radical (unpaired) electrons. The number of aromatic nitrogens is 1. The number of hydrogen-bond acceptors (Lipinski definition) is 3. The Balaban J connectivity index is 1.95. The van der Waals surface area contributed by atoms with Gasteiger partial charge in [0, 0.05) is 24.5 Å². The van der Waals surface area contributed by atoms with Gasteiger partial charge in [-0.1, -0.05) is 12.1 Å². The molecule has 0 bridgehead atoms. The molecule has 0 fully saturated rings. The van der Waals surface area contributed by atoms with Crippen LogP contribution in [0.25, 0.3) is 0 Å². The van der Waals surface area contributed by atoms with Crippen LogP contribution in [0.3, 0.4) is 0 Å². The summed E-state index contributed by atoms with van der Waals surface area (Å²) in [5, 5.41) is 0.